The summed E-state index contributed by atoms with van der Waals surface area (Å²) in [5.74, 6) is -4.68. The molecule has 0 rings (SSSR count). The molecule has 0 amide bonds. The number of hydrogen-bond donors (Lipinski definition) is 0. The first-order valence-corrected chi connectivity index (χ1v) is 8.24. The molecule has 26 heavy (non-hydrogen) atoms. The van der Waals surface area contributed by atoms with Crippen molar-refractivity contribution in [3.05, 3.63) is 11.1 Å². The molecule has 0 aliphatic heterocycles. The van der Waals surface area contributed by atoms with Crippen LogP contribution >= 0.6 is 0 Å². The van der Waals surface area contributed by atoms with Crippen molar-refractivity contribution >= 4 is 17.9 Å². The minimum atomic E-state index is -1.66. The van der Waals surface area contributed by atoms with E-state index in [0.717, 1.165) is 25.7 Å². The smallest absolute Gasteiger partial charge is 0.550 e. The van der Waals surface area contributed by atoms with Gasteiger partial charge in [-0.2, -0.15) is 0 Å². The summed E-state index contributed by atoms with van der Waals surface area (Å²) in [6.45, 7) is 2.14. The van der Waals surface area contributed by atoms with E-state index in [9.17, 15) is 29.7 Å². The summed E-state index contributed by atoms with van der Waals surface area (Å²) in [6, 6.07) is 0. The van der Waals surface area contributed by atoms with Crippen molar-refractivity contribution in [2.24, 2.45) is 0 Å². The van der Waals surface area contributed by atoms with Gasteiger partial charge < -0.3 is 29.7 Å². The summed E-state index contributed by atoms with van der Waals surface area (Å²) < 4.78 is 0. The summed E-state index contributed by atoms with van der Waals surface area (Å²) in [6.07, 6.45) is 7.15. The maximum absolute atomic E-state index is 11.1. The first-order chi connectivity index (χ1) is 10.9. The Morgan fingerprint density at radius 2 is 0.962 bits per heavy atom. The van der Waals surface area contributed by atoms with Gasteiger partial charge in [0.15, 0.2) is 0 Å². The molecule has 132 valence electrons. The maximum Gasteiger partial charge on any atom is 1.00 e. The quantitative estimate of drug-likeness (QED) is 0.164. The number of unbranched alkanes of at least 4 members (excludes halogenated alkanes) is 7. The van der Waals surface area contributed by atoms with E-state index in [2.05, 4.69) is 6.92 Å². The summed E-state index contributed by atoms with van der Waals surface area (Å²) in [5, 5.41) is 32.5. The van der Waals surface area contributed by atoms with E-state index in [4.69, 9.17) is 0 Å². The number of carboxylic acids is 3. The Balaban J connectivity index is -0.000000807. The first-order valence-electron chi connectivity index (χ1n) is 8.24. The molecule has 0 saturated heterocycles. The van der Waals surface area contributed by atoms with Crippen molar-refractivity contribution in [3.8, 4) is 0 Å². The Bertz CT molecular complexity index is 438. The molecule has 0 atom stereocenters. The average Bonchev–Trinajstić information content (AvgIpc) is 2.47. The second-order valence-electron chi connectivity index (χ2n) is 5.63. The number of rotatable bonds is 14. The zero-order valence-electron chi connectivity index (χ0n) is 16.7. The van der Waals surface area contributed by atoms with E-state index >= 15 is 0 Å². The van der Waals surface area contributed by atoms with Crippen LogP contribution in [-0.4, -0.2) is 17.9 Å². The normalized spacial score (nSPS) is 10.5. The van der Waals surface area contributed by atoms with Crippen molar-refractivity contribution < 1.29 is 118 Å². The Morgan fingerprint density at radius 3 is 1.35 bits per heavy atom. The molecule has 0 spiro atoms. The summed E-state index contributed by atoms with van der Waals surface area (Å²) in [4.78, 5) is 32.5. The van der Waals surface area contributed by atoms with Crippen molar-refractivity contribution in [3.63, 3.8) is 0 Å². The topological polar surface area (TPSA) is 120 Å². The molecule has 0 radical (unpaired) electrons. The van der Waals surface area contributed by atoms with Gasteiger partial charge in [-0.25, -0.2) is 0 Å². The Kier molecular flexibility index (Phi) is 29.9. The zero-order valence-corrected chi connectivity index (χ0v) is 22.7. The third-order valence-corrected chi connectivity index (χ3v) is 3.72. The Morgan fingerprint density at radius 1 is 0.577 bits per heavy atom. The summed E-state index contributed by atoms with van der Waals surface area (Å²) >= 11 is 0. The Hall–Kier alpha value is 1.15. The molecule has 0 heterocycles. The molecular formula is C17H25Na3O6. The van der Waals surface area contributed by atoms with E-state index in [-0.39, 0.29) is 101 Å². The first kappa shape index (κ1) is 34.6. The molecule has 0 aromatic heterocycles. The van der Waals surface area contributed by atoms with E-state index in [1.807, 2.05) is 0 Å². The minimum Gasteiger partial charge on any atom is -0.550 e. The van der Waals surface area contributed by atoms with Gasteiger partial charge in [-0.3, -0.25) is 0 Å². The fourth-order valence-electron chi connectivity index (χ4n) is 2.42. The van der Waals surface area contributed by atoms with Gasteiger partial charge in [0.1, 0.15) is 0 Å². The van der Waals surface area contributed by atoms with Crippen LogP contribution in [-0.2, 0) is 14.4 Å². The third kappa shape index (κ3) is 18.5. The molecule has 0 fully saturated rings. The van der Waals surface area contributed by atoms with Crippen LogP contribution in [0.5, 0.6) is 0 Å². The van der Waals surface area contributed by atoms with E-state index in [0.29, 0.717) is 6.42 Å². The van der Waals surface area contributed by atoms with Crippen LogP contribution in [0.3, 0.4) is 0 Å². The second kappa shape index (κ2) is 22.4. The predicted molar refractivity (Wildman–Crippen MR) is 78.5 cm³/mol. The maximum atomic E-state index is 11.1. The molecule has 0 aromatic rings. The van der Waals surface area contributed by atoms with Gasteiger partial charge in [0.05, 0.1) is 11.9 Å². The standard InChI is InChI=1S/C17H28O6.3Na/c1-2-3-4-5-6-7-8-9-10-13(16(20)21)14(17(22)23)11-12-15(18)19;;;/h2-12H2,1H3,(H,18,19)(H,20,21)(H,22,23);;;/q;3*+1/p-3/b14-13+;;;. The van der Waals surface area contributed by atoms with Crippen LogP contribution in [0.15, 0.2) is 11.1 Å². The average molecular weight is 394 g/mol. The van der Waals surface area contributed by atoms with Crippen molar-refractivity contribution in [2.75, 3.05) is 0 Å². The molecule has 9 heteroatoms. The summed E-state index contributed by atoms with van der Waals surface area (Å²) in [7, 11) is 0. The van der Waals surface area contributed by atoms with Crippen LogP contribution in [0.2, 0.25) is 0 Å². The fraction of sp³-hybridized carbons (Fsp3) is 0.706. The van der Waals surface area contributed by atoms with Crippen LogP contribution in [0, 0.1) is 0 Å². The molecule has 0 saturated carbocycles. The van der Waals surface area contributed by atoms with Crippen molar-refractivity contribution in [1.29, 1.82) is 0 Å². The zero-order chi connectivity index (χ0) is 17.7. The molecule has 0 aliphatic rings. The van der Waals surface area contributed by atoms with Gasteiger partial charge in [0.2, 0.25) is 0 Å². The SMILES string of the molecule is CCCCCCCCCC/C(C(=O)[O-])=C(/CCC(=O)[O-])C(=O)[O-].[Na+].[Na+].[Na+]. The van der Waals surface area contributed by atoms with Gasteiger partial charge in [-0.15, -0.1) is 0 Å². The minimum absolute atomic E-state index is 0. The number of hydrogen-bond acceptors (Lipinski definition) is 6. The fourth-order valence-corrected chi connectivity index (χ4v) is 2.42. The third-order valence-electron chi connectivity index (χ3n) is 3.72. The van der Waals surface area contributed by atoms with E-state index < -0.39 is 36.3 Å². The van der Waals surface area contributed by atoms with Crippen molar-refractivity contribution in [1.82, 2.24) is 0 Å². The number of carbonyl (C=O) groups excluding carboxylic acids is 3. The van der Waals surface area contributed by atoms with Crippen LogP contribution < -0.4 is 104 Å². The van der Waals surface area contributed by atoms with Gasteiger partial charge in [-0.05, 0) is 36.8 Å². The van der Waals surface area contributed by atoms with E-state index in [1.165, 1.54) is 19.3 Å². The predicted octanol–water partition coefficient (Wildman–Crippen LogP) is -9.14. The summed E-state index contributed by atoms with van der Waals surface area (Å²) in [5.41, 5.74) is -0.866. The Labute approximate surface area is 222 Å². The van der Waals surface area contributed by atoms with Crippen LogP contribution in [0.1, 0.15) is 77.6 Å². The van der Waals surface area contributed by atoms with Crippen molar-refractivity contribution in [2.45, 2.75) is 77.6 Å². The largest absolute Gasteiger partial charge is 1.00 e. The number of aliphatic carboxylic acids is 3. The van der Waals surface area contributed by atoms with Crippen LogP contribution in [0.4, 0.5) is 0 Å². The van der Waals surface area contributed by atoms with Crippen LogP contribution in [0.25, 0.3) is 0 Å². The monoisotopic (exact) mass is 394 g/mol. The van der Waals surface area contributed by atoms with Gasteiger partial charge in [-0.1, -0.05) is 51.9 Å². The number of carbonyl (C=O) groups is 3. The molecule has 0 aliphatic carbocycles. The van der Waals surface area contributed by atoms with Gasteiger partial charge in [0.25, 0.3) is 0 Å². The van der Waals surface area contributed by atoms with Gasteiger partial charge in [0, 0.05) is 5.97 Å². The molecular weight excluding hydrogens is 369 g/mol. The molecule has 0 bridgehead atoms. The molecule has 0 aromatic carbocycles. The molecule has 0 N–H and O–H groups in total. The second-order valence-corrected chi connectivity index (χ2v) is 5.63. The number of carboxylic acid groups (broad SMARTS) is 3. The van der Waals surface area contributed by atoms with Gasteiger partial charge >= 0.3 is 88.7 Å². The molecule has 6 nitrogen and oxygen atoms in total. The van der Waals surface area contributed by atoms with E-state index in [1.54, 1.807) is 0 Å². The molecule has 0 unspecified atom stereocenters.